The Morgan fingerprint density at radius 3 is 2.84 bits per heavy atom. The van der Waals surface area contributed by atoms with Gasteiger partial charge in [0.2, 0.25) is 11.8 Å². The third-order valence-electron chi connectivity index (χ3n) is 4.42. The highest BCUT2D eigenvalue weighted by atomic mass is 16.5. The standard InChI is InChI=1S/C19H29N3O3/c1-19(2,12-20)13-22(3)18(24)5-4-10-25-15-7-8-16-14(11-15)6-9-17(23)21-16/h7-8,11H,4-6,9-10,12-13,20H2,1-3H3,(H,21,23). The first-order valence-electron chi connectivity index (χ1n) is 8.80. The highest BCUT2D eigenvalue weighted by Crippen LogP contribution is 2.26. The number of anilines is 1. The molecule has 6 nitrogen and oxygen atoms in total. The first-order chi connectivity index (χ1) is 11.8. The number of nitrogens with two attached hydrogens (primary N) is 1. The first-order valence-corrected chi connectivity index (χ1v) is 8.80. The van der Waals surface area contributed by atoms with E-state index >= 15 is 0 Å². The monoisotopic (exact) mass is 347 g/mol. The molecule has 138 valence electrons. The zero-order valence-corrected chi connectivity index (χ0v) is 15.4. The van der Waals surface area contributed by atoms with Crippen LogP contribution in [0, 0.1) is 5.41 Å². The number of fused-ring (bicyclic) bond motifs is 1. The molecule has 0 fully saturated rings. The van der Waals surface area contributed by atoms with Crippen LogP contribution in [0.25, 0.3) is 0 Å². The summed E-state index contributed by atoms with van der Waals surface area (Å²) in [5.41, 5.74) is 7.60. The minimum absolute atomic E-state index is 0.0570. The van der Waals surface area contributed by atoms with Crippen LogP contribution in [0.1, 0.15) is 38.7 Å². The van der Waals surface area contributed by atoms with Gasteiger partial charge in [0.15, 0.2) is 0 Å². The number of rotatable bonds is 8. The van der Waals surface area contributed by atoms with Crippen molar-refractivity contribution in [2.45, 2.75) is 39.5 Å². The number of nitrogens with zero attached hydrogens (tertiary/aromatic N) is 1. The summed E-state index contributed by atoms with van der Waals surface area (Å²) in [5, 5.41) is 2.85. The lowest BCUT2D eigenvalue weighted by Gasteiger charge is -2.29. The first kappa shape index (κ1) is 19.2. The summed E-state index contributed by atoms with van der Waals surface area (Å²) in [5.74, 6) is 0.944. The average molecular weight is 347 g/mol. The Kier molecular flexibility index (Phi) is 6.42. The second-order valence-corrected chi connectivity index (χ2v) is 7.44. The summed E-state index contributed by atoms with van der Waals surface area (Å²) in [4.78, 5) is 25.3. The molecule has 0 radical (unpaired) electrons. The summed E-state index contributed by atoms with van der Waals surface area (Å²) < 4.78 is 5.75. The van der Waals surface area contributed by atoms with Crippen LogP contribution in [-0.4, -0.2) is 43.5 Å². The quantitative estimate of drug-likeness (QED) is 0.706. The fraction of sp³-hybridized carbons (Fsp3) is 0.579. The van der Waals surface area contributed by atoms with E-state index < -0.39 is 0 Å². The number of ether oxygens (including phenoxy) is 1. The number of amides is 2. The van der Waals surface area contributed by atoms with Crippen LogP contribution < -0.4 is 15.8 Å². The van der Waals surface area contributed by atoms with Gasteiger partial charge in [0.05, 0.1) is 6.61 Å². The maximum absolute atomic E-state index is 12.2. The van der Waals surface area contributed by atoms with Crippen LogP contribution >= 0.6 is 0 Å². The SMILES string of the molecule is CN(CC(C)(C)CN)C(=O)CCCOc1ccc2c(c1)CCC(=O)N2. The van der Waals surface area contributed by atoms with Gasteiger partial charge in [-0.05, 0) is 48.6 Å². The van der Waals surface area contributed by atoms with Crippen molar-refractivity contribution in [3.05, 3.63) is 23.8 Å². The van der Waals surface area contributed by atoms with Gasteiger partial charge in [-0.2, -0.15) is 0 Å². The molecule has 0 aliphatic carbocycles. The molecule has 0 saturated carbocycles. The summed E-state index contributed by atoms with van der Waals surface area (Å²) in [7, 11) is 1.82. The van der Waals surface area contributed by atoms with Crippen molar-refractivity contribution in [3.63, 3.8) is 0 Å². The lowest BCUT2D eigenvalue weighted by Crippen LogP contribution is -2.39. The van der Waals surface area contributed by atoms with Crippen molar-refractivity contribution in [1.29, 1.82) is 0 Å². The predicted octanol–water partition coefficient (Wildman–Crippen LogP) is 2.17. The van der Waals surface area contributed by atoms with Gasteiger partial charge in [-0.1, -0.05) is 13.8 Å². The third kappa shape index (κ3) is 5.74. The number of carbonyl (C=O) groups is 2. The molecule has 0 aromatic heterocycles. The normalized spacial score (nSPS) is 13.8. The highest BCUT2D eigenvalue weighted by molar-refractivity contribution is 5.94. The number of benzene rings is 1. The van der Waals surface area contributed by atoms with Crippen molar-refractivity contribution in [3.8, 4) is 5.75 Å². The fourth-order valence-electron chi connectivity index (χ4n) is 2.85. The zero-order chi connectivity index (χ0) is 18.4. The molecule has 0 spiro atoms. The summed E-state index contributed by atoms with van der Waals surface area (Å²) in [6.45, 7) is 5.80. The molecule has 6 heteroatoms. The molecule has 3 N–H and O–H groups in total. The molecule has 1 aromatic carbocycles. The minimum Gasteiger partial charge on any atom is -0.494 e. The maximum atomic E-state index is 12.2. The molecule has 0 bridgehead atoms. The van der Waals surface area contributed by atoms with Crippen molar-refractivity contribution in [2.24, 2.45) is 11.1 Å². The van der Waals surface area contributed by atoms with Crippen LogP contribution in [0.15, 0.2) is 18.2 Å². The molecule has 0 unspecified atom stereocenters. The Bertz CT molecular complexity index is 628. The van der Waals surface area contributed by atoms with Crippen LogP contribution in [-0.2, 0) is 16.0 Å². The van der Waals surface area contributed by atoms with Crippen LogP contribution in [0.2, 0.25) is 0 Å². The molecular weight excluding hydrogens is 318 g/mol. The van der Waals surface area contributed by atoms with E-state index in [9.17, 15) is 9.59 Å². The smallest absolute Gasteiger partial charge is 0.224 e. The van der Waals surface area contributed by atoms with Crippen molar-refractivity contribution >= 4 is 17.5 Å². The Labute approximate surface area is 149 Å². The molecule has 1 aliphatic rings. The Morgan fingerprint density at radius 1 is 1.36 bits per heavy atom. The van der Waals surface area contributed by atoms with E-state index in [1.54, 1.807) is 4.90 Å². The van der Waals surface area contributed by atoms with Crippen LogP contribution in [0.4, 0.5) is 5.69 Å². The number of hydrogen-bond donors (Lipinski definition) is 2. The lowest BCUT2D eigenvalue weighted by molar-refractivity contribution is -0.131. The number of nitrogens with one attached hydrogen (secondary N) is 1. The maximum Gasteiger partial charge on any atom is 0.224 e. The van der Waals surface area contributed by atoms with E-state index in [2.05, 4.69) is 19.2 Å². The molecule has 25 heavy (non-hydrogen) atoms. The predicted molar refractivity (Wildman–Crippen MR) is 98.6 cm³/mol. The molecule has 1 heterocycles. The van der Waals surface area contributed by atoms with E-state index in [4.69, 9.17) is 10.5 Å². The number of aryl methyl sites for hydroxylation is 1. The lowest BCUT2D eigenvalue weighted by atomic mass is 9.93. The van der Waals surface area contributed by atoms with E-state index in [1.165, 1.54) is 0 Å². The van der Waals surface area contributed by atoms with Crippen molar-refractivity contribution in [1.82, 2.24) is 4.90 Å². The molecular formula is C19H29N3O3. The molecule has 0 atom stereocenters. The summed E-state index contributed by atoms with van der Waals surface area (Å²) in [6.07, 6.45) is 2.37. The van der Waals surface area contributed by atoms with Gasteiger partial charge in [0.25, 0.3) is 0 Å². The third-order valence-corrected chi connectivity index (χ3v) is 4.42. The van der Waals surface area contributed by atoms with Gasteiger partial charge in [-0.25, -0.2) is 0 Å². The highest BCUT2D eigenvalue weighted by Gasteiger charge is 2.21. The number of carbonyl (C=O) groups excluding carboxylic acids is 2. The van der Waals surface area contributed by atoms with E-state index in [0.717, 1.165) is 23.4 Å². The molecule has 1 aromatic rings. The Morgan fingerprint density at radius 2 is 2.12 bits per heavy atom. The van der Waals surface area contributed by atoms with E-state index in [-0.39, 0.29) is 17.2 Å². The van der Waals surface area contributed by atoms with Crippen LogP contribution in [0.3, 0.4) is 0 Å². The minimum atomic E-state index is -0.0700. The largest absolute Gasteiger partial charge is 0.494 e. The van der Waals surface area contributed by atoms with Gasteiger partial charge in [-0.15, -0.1) is 0 Å². The average Bonchev–Trinajstić information content (AvgIpc) is 2.58. The van der Waals surface area contributed by atoms with Crippen molar-refractivity contribution in [2.75, 3.05) is 32.1 Å². The van der Waals surface area contributed by atoms with Gasteiger partial charge in [0.1, 0.15) is 5.75 Å². The van der Waals surface area contributed by atoms with E-state index in [0.29, 0.717) is 39.0 Å². The fourth-order valence-corrected chi connectivity index (χ4v) is 2.85. The topological polar surface area (TPSA) is 84.7 Å². The van der Waals surface area contributed by atoms with Gasteiger partial charge < -0.3 is 20.7 Å². The van der Waals surface area contributed by atoms with Gasteiger partial charge >= 0.3 is 0 Å². The van der Waals surface area contributed by atoms with Gasteiger partial charge in [-0.3, -0.25) is 9.59 Å². The second kappa shape index (κ2) is 8.34. The van der Waals surface area contributed by atoms with Crippen molar-refractivity contribution < 1.29 is 14.3 Å². The second-order valence-electron chi connectivity index (χ2n) is 7.44. The molecule has 1 aliphatic heterocycles. The number of hydrogen-bond acceptors (Lipinski definition) is 4. The van der Waals surface area contributed by atoms with E-state index in [1.807, 2.05) is 25.2 Å². The zero-order valence-electron chi connectivity index (χ0n) is 15.4. The Hall–Kier alpha value is -2.08. The molecule has 2 amide bonds. The Balaban J connectivity index is 1.74. The van der Waals surface area contributed by atoms with Gasteiger partial charge in [0, 0.05) is 32.1 Å². The summed E-state index contributed by atoms with van der Waals surface area (Å²) >= 11 is 0. The molecule has 2 rings (SSSR count). The van der Waals surface area contributed by atoms with Crippen LogP contribution in [0.5, 0.6) is 5.75 Å². The molecule has 0 saturated heterocycles. The summed E-state index contributed by atoms with van der Waals surface area (Å²) in [6, 6.07) is 5.68.